The van der Waals surface area contributed by atoms with E-state index in [9.17, 15) is 4.79 Å². The first-order valence-corrected chi connectivity index (χ1v) is 8.29. The number of ether oxygens (including phenoxy) is 1. The molecule has 6 nitrogen and oxygen atoms in total. The van der Waals surface area contributed by atoms with Crippen molar-refractivity contribution in [3.05, 3.63) is 36.2 Å². The van der Waals surface area contributed by atoms with E-state index < -0.39 is 0 Å². The Kier molecular flexibility index (Phi) is 5.15. The lowest BCUT2D eigenvalue weighted by atomic mass is 9.89. The third-order valence-electron chi connectivity index (χ3n) is 4.63. The molecule has 1 fully saturated rings. The van der Waals surface area contributed by atoms with Crippen LogP contribution in [0.2, 0.25) is 0 Å². The zero-order valence-electron chi connectivity index (χ0n) is 13.9. The van der Waals surface area contributed by atoms with Crippen LogP contribution in [0.5, 0.6) is 5.75 Å². The maximum Gasteiger partial charge on any atom is 0.224 e. The van der Waals surface area contributed by atoms with Crippen LogP contribution in [0.15, 0.2) is 30.5 Å². The quantitative estimate of drug-likeness (QED) is 0.881. The summed E-state index contributed by atoms with van der Waals surface area (Å²) >= 11 is 0. The average molecular weight is 329 g/mol. The van der Waals surface area contributed by atoms with Gasteiger partial charge in [-0.05, 0) is 30.5 Å². The minimum Gasteiger partial charge on any atom is -0.497 e. The molecule has 0 aliphatic carbocycles. The smallest absolute Gasteiger partial charge is 0.224 e. The third-order valence-corrected chi connectivity index (χ3v) is 4.63. The lowest BCUT2D eigenvalue weighted by molar-refractivity contribution is -0.132. The van der Waals surface area contributed by atoms with Crippen molar-refractivity contribution in [3.8, 4) is 16.9 Å². The molecule has 2 aromatic rings. The Morgan fingerprint density at radius 1 is 1.42 bits per heavy atom. The van der Waals surface area contributed by atoms with Crippen molar-refractivity contribution in [1.29, 1.82) is 0 Å². The van der Waals surface area contributed by atoms with E-state index in [4.69, 9.17) is 9.84 Å². The summed E-state index contributed by atoms with van der Waals surface area (Å²) < 4.78 is 5.31. The Morgan fingerprint density at radius 2 is 2.21 bits per heavy atom. The number of aromatic amines is 1. The number of piperidine rings is 1. The number of hydrogen-bond donors (Lipinski definition) is 2. The number of aromatic nitrogens is 2. The van der Waals surface area contributed by atoms with Gasteiger partial charge in [-0.3, -0.25) is 9.89 Å². The Hall–Kier alpha value is -2.34. The number of likely N-dealkylation sites (tertiary alicyclic amines) is 1. The summed E-state index contributed by atoms with van der Waals surface area (Å²) in [6.07, 6.45) is 3.86. The molecular weight excluding hydrogens is 306 g/mol. The van der Waals surface area contributed by atoms with Gasteiger partial charge < -0.3 is 14.7 Å². The molecule has 3 rings (SSSR count). The van der Waals surface area contributed by atoms with E-state index in [0.717, 1.165) is 48.5 Å². The van der Waals surface area contributed by atoms with E-state index in [1.165, 1.54) is 0 Å². The molecule has 1 aromatic heterocycles. The molecule has 1 aliphatic heterocycles. The number of rotatable bonds is 5. The van der Waals surface area contributed by atoms with Crippen LogP contribution in [-0.2, 0) is 4.79 Å². The van der Waals surface area contributed by atoms with Gasteiger partial charge in [0.1, 0.15) is 5.75 Å². The molecule has 1 aromatic carbocycles. The summed E-state index contributed by atoms with van der Waals surface area (Å²) in [4.78, 5) is 13.7. The van der Waals surface area contributed by atoms with Gasteiger partial charge in [-0.1, -0.05) is 12.1 Å². The number of amides is 1. The van der Waals surface area contributed by atoms with Crippen molar-refractivity contribution in [2.24, 2.45) is 0 Å². The monoisotopic (exact) mass is 329 g/mol. The molecule has 0 atom stereocenters. The van der Waals surface area contributed by atoms with Crippen LogP contribution in [0.4, 0.5) is 0 Å². The molecule has 128 valence electrons. The van der Waals surface area contributed by atoms with Gasteiger partial charge in [0.05, 0.1) is 19.9 Å². The molecular formula is C18H23N3O3. The first-order chi connectivity index (χ1) is 11.7. The van der Waals surface area contributed by atoms with Crippen LogP contribution >= 0.6 is 0 Å². The number of methoxy groups -OCH3 is 1. The number of carbonyl (C=O) groups excluding carboxylic acids is 1. The highest BCUT2D eigenvalue weighted by molar-refractivity contribution is 5.76. The predicted octanol–water partition coefficient (Wildman–Crippen LogP) is 2.17. The molecule has 1 amide bonds. The lowest BCUT2D eigenvalue weighted by Crippen LogP contribution is -2.38. The van der Waals surface area contributed by atoms with Crippen molar-refractivity contribution < 1.29 is 14.6 Å². The van der Waals surface area contributed by atoms with Crippen molar-refractivity contribution in [3.63, 3.8) is 0 Å². The summed E-state index contributed by atoms with van der Waals surface area (Å²) in [5, 5.41) is 16.3. The van der Waals surface area contributed by atoms with E-state index in [2.05, 4.69) is 16.3 Å². The molecule has 1 saturated heterocycles. The van der Waals surface area contributed by atoms with Crippen LogP contribution in [-0.4, -0.2) is 52.9 Å². The van der Waals surface area contributed by atoms with E-state index in [1.54, 1.807) is 7.11 Å². The fraction of sp³-hybridized carbons (Fsp3) is 0.444. The van der Waals surface area contributed by atoms with Crippen LogP contribution in [0, 0.1) is 0 Å². The van der Waals surface area contributed by atoms with Crippen LogP contribution in [0.25, 0.3) is 11.1 Å². The van der Waals surface area contributed by atoms with Gasteiger partial charge in [0.25, 0.3) is 0 Å². The molecule has 24 heavy (non-hydrogen) atoms. The molecule has 6 heteroatoms. The Labute approximate surface area is 141 Å². The van der Waals surface area contributed by atoms with Gasteiger partial charge in [-0.2, -0.15) is 5.10 Å². The first-order valence-electron chi connectivity index (χ1n) is 8.29. The van der Waals surface area contributed by atoms with Gasteiger partial charge in [0.2, 0.25) is 5.91 Å². The number of H-pyrrole nitrogens is 1. The molecule has 1 aliphatic rings. The fourth-order valence-corrected chi connectivity index (χ4v) is 3.30. The van der Waals surface area contributed by atoms with Gasteiger partial charge in [-0.15, -0.1) is 0 Å². The molecule has 2 heterocycles. The molecule has 0 unspecified atom stereocenters. The van der Waals surface area contributed by atoms with Crippen molar-refractivity contribution in [2.75, 3.05) is 26.8 Å². The Bertz CT molecular complexity index is 690. The molecule has 0 radical (unpaired) electrons. The normalized spacial score (nSPS) is 15.5. The zero-order valence-corrected chi connectivity index (χ0v) is 13.9. The second-order valence-corrected chi connectivity index (χ2v) is 6.06. The molecule has 2 N–H and O–H groups in total. The maximum atomic E-state index is 11.9. The van der Waals surface area contributed by atoms with Crippen molar-refractivity contribution >= 4 is 5.91 Å². The van der Waals surface area contributed by atoms with E-state index in [1.807, 2.05) is 29.3 Å². The number of hydrogen-bond acceptors (Lipinski definition) is 4. The SMILES string of the molecule is COc1cccc(-c2cn[nH]c2C2CCN(C(=O)CCO)CC2)c1. The number of nitrogens with zero attached hydrogens (tertiary/aromatic N) is 2. The van der Waals surface area contributed by atoms with Gasteiger partial charge >= 0.3 is 0 Å². The highest BCUT2D eigenvalue weighted by Gasteiger charge is 2.26. The summed E-state index contributed by atoms with van der Waals surface area (Å²) in [7, 11) is 1.66. The molecule has 0 saturated carbocycles. The van der Waals surface area contributed by atoms with E-state index >= 15 is 0 Å². The van der Waals surface area contributed by atoms with Crippen molar-refractivity contribution in [1.82, 2.24) is 15.1 Å². The third kappa shape index (κ3) is 3.43. The number of benzene rings is 1. The minimum absolute atomic E-state index is 0.0357. The Balaban J connectivity index is 1.73. The topological polar surface area (TPSA) is 78.5 Å². The first kappa shape index (κ1) is 16.5. The molecule has 0 bridgehead atoms. The van der Waals surface area contributed by atoms with Crippen LogP contribution in [0.3, 0.4) is 0 Å². The van der Waals surface area contributed by atoms with Crippen LogP contribution in [0.1, 0.15) is 30.9 Å². The maximum absolute atomic E-state index is 11.9. The number of carbonyl (C=O) groups is 1. The van der Waals surface area contributed by atoms with E-state index in [-0.39, 0.29) is 18.9 Å². The summed E-state index contributed by atoms with van der Waals surface area (Å²) in [6.45, 7) is 1.36. The predicted molar refractivity (Wildman–Crippen MR) is 90.8 cm³/mol. The average Bonchev–Trinajstić information content (AvgIpc) is 3.12. The van der Waals surface area contributed by atoms with Crippen molar-refractivity contribution in [2.45, 2.75) is 25.2 Å². The number of nitrogens with one attached hydrogen (secondary N) is 1. The summed E-state index contributed by atoms with van der Waals surface area (Å²) in [6, 6.07) is 7.96. The van der Waals surface area contributed by atoms with E-state index in [0.29, 0.717) is 5.92 Å². The number of aliphatic hydroxyl groups excluding tert-OH is 1. The minimum atomic E-state index is -0.0840. The summed E-state index contributed by atoms with van der Waals surface area (Å²) in [5.74, 6) is 1.21. The second-order valence-electron chi connectivity index (χ2n) is 6.06. The standard InChI is InChI=1S/C18H23N3O3/c1-24-15-4-2-3-14(11-15)16-12-19-20-18(16)13-5-8-21(9-6-13)17(23)7-10-22/h2-4,11-13,22H,5-10H2,1H3,(H,19,20). The highest BCUT2D eigenvalue weighted by atomic mass is 16.5. The zero-order chi connectivity index (χ0) is 16.9. The lowest BCUT2D eigenvalue weighted by Gasteiger charge is -2.32. The summed E-state index contributed by atoms with van der Waals surface area (Å²) in [5.41, 5.74) is 3.29. The van der Waals surface area contributed by atoms with Gasteiger partial charge in [0.15, 0.2) is 0 Å². The van der Waals surface area contributed by atoms with Gasteiger partial charge in [-0.25, -0.2) is 0 Å². The van der Waals surface area contributed by atoms with Crippen LogP contribution < -0.4 is 4.74 Å². The second kappa shape index (κ2) is 7.49. The molecule has 0 spiro atoms. The van der Waals surface area contributed by atoms with Gasteiger partial charge in [0, 0.05) is 36.7 Å². The largest absolute Gasteiger partial charge is 0.497 e. The Morgan fingerprint density at radius 3 is 2.92 bits per heavy atom. The highest BCUT2D eigenvalue weighted by Crippen LogP contribution is 2.34. The number of aliphatic hydroxyl groups is 1. The fourth-order valence-electron chi connectivity index (χ4n) is 3.30.